The van der Waals surface area contributed by atoms with E-state index in [4.69, 9.17) is 10.00 Å². The standard InChI is InChI=1S/C16H17N5O2/c1-23-8-2-7-18-15(22)13-10-19-16(20-11-13)21-14-5-3-12(9-17)4-6-14/h3-6,10-11H,2,7-8H2,1H3,(H,18,22)(H,19,20,21). The smallest absolute Gasteiger partial charge is 0.254 e. The minimum absolute atomic E-state index is 0.217. The Morgan fingerprint density at radius 3 is 2.57 bits per heavy atom. The predicted octanol–water partition coefficient (Wildman–Crippen LogP) is 1.86. The van der Waals surface area contributed by atoms with E-state index in [0.717, 1.165) is 12.1 Å². The lowest BCUT2D eigenvalue weighted by Gasteiger charge is -2.06. The maximum atomic E-state index is 11.9. The highest BCUT2D eigenvalue weighted by molar-refractivity contribution is 5.93. The van der Waals surface area contributed by atoms with E-state index in [0.29, 0.717) is 30.2 Å². The number of nitrogens with zero attached hydrogens (tertiary/aromatic N) is 3. The maximum Gasteiger partial charge on any atom is 0.254 e. The number of hydrogen-bond donors (Lipinski definition) is 2. The SMILES string of the molecule is COCCCNC(=O)c1cnc(Nc2ccc(C#N)cc2)nc1. The van der Waals surface area contributed by atoms with Gasteiger partial charge in [-0.25, -0.2) is 9.97 Å². The number of benzene rings is 1. The monoisotopic (exact) mass is 311 g/mol. The first kappa shape index (κ1) is 16.4. The Hall–Kier alpha value is -2.98. The van der Waals surface area contributed by atoms with Crippen LogP contribution >= 0.6 is 0 Å². The summed E-state index contributed by atoms with van der Waals surface area (Å²) in [5.41, 5.74) is 1.74. The summed E-state index contributed by atoms with van der Waals surface area (Å²) < 4.78 is 4.91. The van der Waals surface area contributed by atoms with Gasteiger partial charge in [-0.1, -0.05) is 0 Å². The van der Waals surface area contributed by atoms with Gasteiger partial charge in [0.1, 0.15) is 0 Å². The maximum absolute atomic E-state index is 11.9. The molecule has 7 nitrogen and oxygen atoms in total. The average Bonchev–Trinajstić information content (AvgIpc) is 2.60. The molecule has 0 unspecified atom stereocenters. The number of ether oxygens (including phenoxy) is 1. The van der Waals surface area contributed by atoms with Gasteiger partial charge in [0.15, 0.2) is 0 Å². The minimum Gasteiger partial charge on any atom is -0.385 e. The van der Waals surface area contributed by atoms with Gasteiger partial charge >= 0.3 is 0 Å². The molecule has 2 aromatic rings. The Kier molecular flexibility index (Phi) is 6.03. The molecule has 1 heterocycles. The Morgan fingerprint density at radius 1 is 1.26 bits per heavy atom. The van der Waals surface area contributed by atoms with E-state index in [1.807, 2.05) is 0 Å². The van der Waals surface area contributed by atoms with Gasteiger partial charge in [0.25, 0.3) is 5.91 Å². The van der Waals surface area contributed by atoms with Crippen molar-refractivity contribution >= 4 is 17.5 Å². The average molecular weight is 311 g/mol. The minimum atomic E-state index is -0.217. The molecule has 7 heteroatoms. The van der Waals surface area contributed by atoms with Gasteiger partial charge in [-0.15, -0.1) is 0 Å². The second-order valence-corrected chi connectivity index (χ2v) is 4.71. The number of methoxy groups -OCH3 is 1. The van der Waals surface area contributed by atoms with Crippen molar-refractivity contribution in [2.24, 2.45) is 0 Å². The van der Waals surface area contributed by atoms with Crippen molar-refractivity contribution in [3.8, 4) is 6.07 Å². The zero-order valence-corrected chi connectivity index (χ0v) is 12.7. The number of anilines is 2. The lowest BCUT2D eigenvalue weighted by Crippen LogP contribution is -2.25. The number of carbonyl (C=O) groups excluding carboxylic acids is 1. The molecule has 0 atom stereocenters. The first-order valence-electron chi connectivity index (χ1n) is 7.09. The van der Waals surface area contributed by atoms with Crippen LogP contribution in [0.1, 0.15) is 22.3 Å². The number of hydrogen-bond acceptors (Lipinski definition) is 6. The quantitative estimate of drug-likeness (QED) is 0.757. The van der Waals surface area contributed by atoms with Gasteiger partial charge in [0.2, 0.25) is 5.95 Å². The molecule has 1 amide bonds. The summed E-state index contributed by atoms with van der Waals surface area (Å²) in [5.74, 6) is 0.164. The molecule has 1 aromatic carbocycles. The fraction of sp³-hybridized carbons (Fsp3) is 0.250. The molecule has 23 heavy (non-hydrogen) atoms. The Labute approximate surface area is 134 Å². The summed E-state index contributed by atoms with van der Waals surface area (Å²) in [6.45, 7) is 1.14. The Balaban J connectivity index is 1.90. The highest BCUT2D eigenvalue weighted by Gasteiger charge is 2.06. The summed E-state index contributed by atoms with van der Waals surface area (Å²) in [5, 5.41) is 14.5. The van der Waals surface area contributed by atoms with Crippen molar-refractivity contribution < 1.29 is 9.53 Å². The number of aromatic nitrogens is 2. The Bertz CT molecular complexity index is 677. The summed E-state index contributed by atoms with van der Waals surface area (Å²) in [7, 11) is 1.62. The summed E-state index contributed by atoms with van der Waals surface area (Å²) in [6, 6.07) is 8.97. The van der Waals surface area contributed by atoms with Crippen LogP contribution in [0.15, 0.2) is 36.7 Å². The number of rotatable bonds is 7. The number of amides is 1. The van der Waals surface area contributed by atoms with Crippen molar-refractivity contribution in [3.05, 3.63) is 47.8 Å². The molecule has 0 fully saturated rings. The van der Waals surface area contributed by atoms with Gasteiger partial charge in [-0.05, 0) is 30.7 Å². The van der Waals surface area contributed by atoms with Crippen molar-refractivity contribution in [1.82, 2.24) is 15.3 Å². The molecular formula is C16H17N5O2. The highest BCUT2D eigenvalue weighted by Crippen LogP contribution is 2.13. The van der Waals surface area contributed by atoms with E-state index in [1.165, 1.54) is 12.4 Å². The molecule has 0 bridgehead atoms. The van der Waals surface area contributed by atoms with Crippen LogP contribution in [0.4, 0.5) is 11.6 Å². The van der Waals surface area contributed by atoms with Crippen LogP contribution in [0.3, 0.4) is 0 Å². The van der Waals surface area contributed by atoms with E-state index < -0.39 is 0 Å². The predicted molar refractivity (Wildman–Crippen MR) is 85.3 cm³/mol. The van der Waals surface area contributed by atoms with Gasteiger partial charge in [-0.3, -0.25) is 4.79 Å². The zero-order chi connectivity index (χ0) is 16.5. The van der Waals surface area contributed by atoms with E-state index in [-0.39, 0.29) is 5.91 Å². The Morgan fingerprint density at radius 2 is 1.96 bits per heavy atom. The molecule has 118 valence electrons. The molecule has 2 N–H and O–H groups in total. The van der Waals surface area contributed by atoms with Gasteiger partial charge < -0.3 is 15.4 Å². The van der Waals surface area contributed by atoms with Gasteiger partial charge in [0, 0.05) is 38.3 Å². The van der Waals surface area contributed by atoms with Crippen LogP contribution in [-0.2, 0) is 4.74 Å². The fourth-order valence-corrected chi connectivity index (χ4v) is 1.79. The topological polar surface area (TPSA) is 99.9 Å². The second kappa shape index (κ2) is 8.46. The third-order valence-corrected chi connectivity index (χ3v) is 2.99. The van der Waals surface area contributed by atoms with Crippen LogP contribution in [0.2, 0.25) is 0 Å². The van der Waals surface area contributed by atoms with Crippen LogP contribution in [0, 0.1) is 11.3 Å². The molecule has 0 spiro atoms. The lowest BCUT2D eigenvalue weighted by atomic mass is 10.2. The van der Waals surface area contributed by atoms with Crippen LogP contribution in [-0.4, -0.2) is 36.1 Å². The number of nitriles is 1. The van der Waals surface area contributed by atoms with Crippen molar-refractivity contribution in [2.75, 3.05) is 25.6 Å². The van der Waals surface area contributed by atoms with Crippen molar-refractivity contribution in [3.63, 3.8) is 0 Å². The normalized spacial score (nSPS) is 9.91. The molecular weight excluding hydrogens is 294 g/mol. The van der Waals surface area contributed by atoms with Crippen molar-refractivity contribution in [1.29, 1.82) is 5.26 Å². The van der Waals surface area contributed by atoms with E-state index in [2.05, 4.69) is 26.7 Å². The first-order chi connectivity index (χ1) is 11.2. The van der Waals surface area contributed by atoms with E-state index in [1.54, 1.807) is 31.4 Å². The molecule has 2 rings (SSSR count). The zero-order valence-electron chi connectivity index (χ0n) is 12.7. The molecule has 1 aromatic heterocycles. The third-order valence-electron chi connectivity index (χ3n) is 2.99. The summed E-state index contributed by atoms with van der Waals surface area (Å²) in [6.07, 6.45) is 3.68. The summed E-state index contributed by atoms with van der Waals surface area (Å²) in [4.78, 5) is 20.1. The number of carbonyl (C=O) groups is 1. The largest absolute Gasteiger partial charge is 0.385 e. The second-order valence-electron chi connectivity index (χ2n) is 4.71. The van der Waals surface area contributed by atoms with Gasteiger partial charge in [0.05, 0.1) is 17.2 Å². The number of nitrogens with one attached hydrogen (secondary N) is 2. The van der Waals surface area contributed by atoms with Gasteiger partial charge in [-0.2, -0.15) is 5.26 Å². The van der Waals surface area contributed by atoms with Crippen molar-refractivity contribution in [2.45, 2.75) is 6.42 Å². The van der Waals surface area contributed by atoms with Crippen LogP contribution in [0.25, 0.3) is 0 Å². The third kappa shape index (κ3) is 5.05. The van der Waals surface area contributed by atoms with Crippen LogP contribution < -0.4 is 10.6 Å². The van der Waals surface area contributed by atoms with Crippen LogP contribution in [0.5, 0.6) is 0 Å². The molecule has 0 aliphatic carbocycles. The molecule has 0 saturated carbocycles. The molecule has 0 aliphatic heterocycles. The highest BCUT2D eigenvalue weighted by atomic mass is 16.5. The fourth-order valence-electron chi connectivity index (χ4n) is 1.79. The molecule has 0 saturated heterocycles. The molecule has 0 radical (unpaired) electrons. The summed E-state index contributed by atoms with van der Waals surface area (Å²) >= 11 is 0. The lowest BCUT2D eigenvalue weighted by molar-refractivity contribution is 0.0948. The van der Waals surface area contributed by atoms with E-state index in [9.17, 15) is 4.79 Å². The van der Waals surface area contributed by atoms with E-state index >= 15 is 0 Å². The molecule has 0 aliphatic rings. The first-order valence-corrected chi connectivity index (χ1v) is 7.09.